The van der Waals surface area contributed by atoms with E-state index < -0.39 is 0 Å². The second kappa shape index (κ2) is 4.59. The highest BCUT2D eigenvalue weighted by molar-refractivity contribution is 5.66. The normalized spacial score (nSPS) is 42.4. The highest BCUT2D eigenvalue weighted by atomic mass is 16.7. The summed E-state index contributed by atoms with van der Waals surface area (Å²) in [7, 11) is 0. The maximum atomic E-state index is 11.4. The van der Waals surface area contributed by atoms with E-state index in [0.717, 1.165) is 12.8 Å². The largest absolute Gasteiger partial charge is 0.435 e. The van der Waals surface area contributed by atoms with Crippen LogP contribution in [-0.2, 0) is 14.3 Å². The fraction of sp³-hybridized carbons (Fsp3) is 0.824. The Hall–Kier alpha value is -0.830. The van der Waals surface area contributed by atoms with Gasteiger partial charge in [-0.05, 0) is 49.9 Å². The van der Waals surface area contributed by atoms with E-state index in [4.69, 9.17) is 9.47 Å². The van der Waals surface area contributed by atoms with Crippen LogP contribution in [0.3, 0.4) is 0 Å². The van der Waals surface area contributed by atoms with Gasteiger partial charge >= 0.3 is 5.97 Å². The van der Waals surface area contributed by atoms with Gasteiger partial charge in [0, 0.05) is 12.3 Å². The predicted molar refractivity (Wildman–Crippen MR) is 76.9 cm³/mol. The first-order valence-corrected chi connectivity index (χ1v) is 7.83. The van der Waals surface area contributed by atoms with Gasteiger partial charge in [-0.2, -0.15) is 0 Å². The monoisotopic (exact) mass is 278 g/mol. The van der Waals surface area contributed by atoms with Crippen molar-refractivity contribution in [2.45, 2.75) is 59.7 Å². The van der Waals surface area contributed by atoms with Crippen molar-refractivity contribution in [3.05, 3.63) is 11.6 Å². The summed E-state index contributed by atoms with van der Waals surface area (Å²) in [5.41, 5.74) is 1.67. The van der Waals surface area contributed by atoms with Crippen molar-refractivity contribution < 1.29 is 14.3 Å². The molecular formula is C17H26O3. The molecule has 2 aliphatic carbocycles. The minimum atomic E-state index is -0.352. The van der Waals surface area contributed by atoms with Crippen molar-refractivity contribution in [3.8, 4) is 0 Å². The summed E-state index contributed by atoms with van der Waals surface area (Å²) in [6, 6.07) is 0. The van der Waals surface area contributed by atoms with E-state index in [2.05, 4.69) is 26.8 Å². The van der Waals surface area contributed by atoms with Gasteiger partial charge in [0.1, 0.15) is 0 Å². The summed E-state index contributed by atoms with van der Waals surface area (Å²) >= 11 is 0. The molecule has 112 valence electrons. The third kappa shape index (κ3) is 1.86. The smallest absolute Gasteiger partial charge is 0.304 e. The molecule has 1 saturated heterocycles. The zero-order valence-corrected chi connectivity index (χ0v) is 13.1. The Labute approximate surface area is 121 Å². The van der Waals surface area contributed by atoms with Gasteiger partial charge in [0.05, 0.1) is 6.61 Å². The lowest BCUT2D eigenvalue weighted by Crippen LogP contribution is -2.44. The highest BCUT2D eigenvalue weighted by Crippen LogP contribution is 2.66. The molecule has 3 rings (SSSR count). The molecule has 3 aliphatic rings. The Balaban J connectivity index is 1.95. The summed E-state index contributed by atoms with van der Waals surface area (Å²) in [5, 5.41) is 0. The van der Waals surface area contributed by atoms with E-state index in [-0.39, 0.29) is 23.1 Å². The van der Waals surface area contributed by atoms with Crippen LogP contribution in [0.1, 0.15) is 53.4 Å². The van der Waals surface area contributed by atoms with Crippen molar-refractivity contribution >= 4 is 5.97 Å². The van der Waals surface area contributed by atoms with Crippen LogP contribution in [0.2, 0.25) is 0 Å². The van der Waals surface area contributed by atoms with E-state index in [9.17, 15) is 4.79 Å². The first kappa shape index (κ1) is 14.1. The molecule has 1 unspecified atom stereocenters. The molecule has 20 heavy (non-hydrogen) atoms. The lowest BCUT2D eigenvalue weighted by molar-refractivity contribution is -0.196. The quantitative estimate of drug-likeness (QED) is 0.542. The van der Waals surface area contributed by atoms with Crippen molar-refractivity contribution in [1.82, 2.24) is 0 Å². The van der Waals surface area contributed by atoms with Crippen LogP contribution < -0.4 is 0 Å². The second-order valence-corrected chi connectivity index (χ2v) is 7.47. The number of allylic oxidation sites excluding steroid dienone is 2. The van der Waals surface area contributed by atoms with Gasteiger partial charge in [-0.3, -0.25) is 4.79 Å². The molecule has 0 amide bonds. The molecule has 0 radical (unpaired) electrons. The highest BCUT2D eigenvalue weighted by Gasteiger charge is 2.64. The number of ether oxygens (including phenoxy) is 2. The summed E-state index contributed by atoms with van der Waals surface area (Å²) in [6.45, 7) is 9.15. The van der Waals surface area contributed by atoms with E-state index >= 15 is 0 Å². The molecule has 0 aromatic heterocycles. The Morgan fingerprint density at radius 3 is 2.90 bits per heavy atom. The van der Waals surface area contributed by atoms with Gasteiger partial charge in [-0.25, -0.2) is 0 Å². The Morgan fingerprint density at radius 1 is 1.45 bits per heavy atom. The van der Waals surface area contributed by atoms with Crippen molar-refractivity contribution in [3.63, 3.8) is 0 Å². The molecule has 0 aromatic rings. The predicted octanol–water partition coefficient (Wildman–Crippen LogP) is 3.68. The fourth-order valence-corrected chi connectivity index (χ4v) is 5.06. The number of carbonyl (C=O) groups is 1. The lowest BCUT2D eigenvalue weighted by Gasteiger charge is -2.44. The van der Waals surface area contributed by atoms with Crippen LogP contribution >= 0.6 is 0 Å². The number of rotatable bonds is 1. The van der Waals surface area contributed by atoms with Gasteiger partial charge in [0.15, 0.2) is 0 Å². The molecule has 2 fully saturated rings. The number of hydrogen-bond donors (Lipinski definition) is 0. The third-order valence-electron chi connectivity index (χ3n) is 6.22. The van der Waals surface area contributed by atoms with E-state index in [0.29, 0.717) is 18.4 Å². The molecule has 1 aliphatic heterocycles. The number of fused-ring (bicyclic) bond motifs is 1. The van der Waals surface area contributed by atoms with Gasteiger partial charge in [-0.15, -0.1) is 0 Å². The van der Waals surface area contributed by atoms with Crippen LogP contribution in [0, 0.1) is 22.7 Å². The van der Waals surface area contributed by atoms with Crippen molar-refractivity contribution in [1.29, 1.82) is 0 Å². The molecule has 1 saturated carbocycles. The van der Waals surface area contributed by atoms with Crippen LogP contribution in [-0.4, -0.2) is 18.9 Å². The maximum Gasteiger partial charge on any atom is 0.304 e. The van der Waals surface area contributed by atoms with Crippen LogP contribution in [0.4, 0.5) is 0 Å². The first-order chi connectivity index (χ1) is 9.37. The zero-order chi connectivity index (χ0) is 14.5. The van der Waals surface area contributed by atoms with Gasteiger partial charge in [-0.1, -0.05) is 25.5 Å². The summed E-state index contributed by atoms with van der Waals surface area (Å²) in [6.07, 6.45) is 6.69. The molecule has 1 heterocycles. The maximum absolute atomic E-state index is 11.4. The molecular weight excluding hydrogens is 252 g/mol. The summed E-state index contributed by atoms with van der Waals surface area (Å²) < 4.78 is 11.3. The van der Waals surface area contributed by atoms with Crippen LogP contribution in [0.25, 0.3) is 0 Å². The zero-order valence-electron chi connectivity index (χ0n) is 13.1. The number of hydrogen-bond acceptors (Lipinski definition) is 3. The summed E-state index contributed by atoms with van der Waals surface area (Å²) in [5.74, 6) is 1.08. The standard InChI is InChI=1S/C17H26O3/c1-11-5-6-14-13(9-11)10-17(16(14,3)4)7-8-19-15(17)20-12(2)18/h9,13-15H,5-8,10H2,1-4H3/t13-,14-,15?,17+/m0/s1. The summed E-state index contributed by atoms with van der Waals surface area (Å²) in [4.78, 5) is 11.4. The second-order valence-electron chi connectivity index (χ2n) is 7.47. The van der Waals surface area contributed by atoms with E-state index in [1.165, 1.54) is 25.3 Å². The molecule has 0 aromatic carbocycles. The Kier molecular flexibility index (Phi) is 3.24. The minimum Gasteiger partial charge on any atom is -0.435 e. The van der Waals surface area contributed by atoms with Gasteiger partial charge in [0.2, 0.25) is 6.29 Å². The van der Waals surface area contributed by atoms with Crippen molar-refractivity contribution in [2.75, 3.05) is 6.61 Å². The Morgan fingerprint density at radius 2 is 2.20 bits per heavy atom. The minimum absolute atomic E-state index is 0.00484. The third-order valence-corrected chi connectivity index (χ3v) is 6.22. The van der Waals surface area contributed by atoms with Crippen LogP contribution in [0.15, 0.2) is 11.6 Å². The molecule has 0 bridgehead atoms. The molecule has 3 nitrogen and oxygen atoms in total. The molecule has 4 atom stereocenters. The fourth-order valence-electron chi connectivity index (χ4n) is 5.06. The van der Waals surface area contributed by atoms with Gasteiger partial charge in [0.25, 0.3) is 0 Å². The van der Waals surface area contributed by atoms with Crippen LogP contribution in [0.5, 0.6) is 0 Å². The van der Waals surface area contributed by atoms with Crippen molar-refractivity contribution in [2.24, 2.45) is 22.7 Å². The number of esters is 1. The SMILES string of the molecule is CC(=O)OC1OCC[C@@]12C[C@@H]1C=C(C)CC[C@@H]1C2(C)C. The van der Waals surface area contributed by atoms with E-state index in [1.54, 1.807) is 0 Å². The molecule has 3 heteroatoms. The topological polar surface area (TPSA) is 35.5 Å². The lowest BCUT2D eigenvalue weighted by atomic mass is 9.62. The Bertz CT molecular complexity index is 451. The number of carbonyl (C=O) groups excluding carboxylic acids is 1. The first-order valence-electron chi connectivity index (χ1n) is 7.83. The average Bonchev–Trinajstić information content (AvgIpc) is 2.81. The molecule has 0 N–H and O–H groups in total. The van der Waals surface area contributed by atoms with Gasteiger partial charge < -0.3 is 9.47 Å². The molecule has 1 spiro atoms. The van der Waals surface area contributed by atoms with E-state index in [1.807, 2.05) is 0 Å². The average molecular weight is 278 g/mol.